The van der Waals surface area contributed by atoms with Crippen LogP contribution in [-0.2, 0) is 11.2 Å². The Morgan fingerprint density at radius 1 is 1.07 bits per heavy atom. The second-order valence-corrected chi connectivity index (χ2v) is 11.5. The quantitative estimate of drug-likeness (QED) is 0.217. The average molecular weight is 589 g/mol. The molecule has 2 saturated heterocycles. The molecule has 3 N–H and O–H groups in total. The summed E-state index contributed by atoms with van der Waals surface area (Å²) in [6.45, 7) is 5.62. The van der Waals surface area contributed by atoms with E-state index in [1.165, 1.54) is 18.9 Å². The number of H-pyrrole nitrogens is 1. The number of aromatic amines is 1. The summed E-state index contributed by atoms with van der Waals surface area (Å²) in [6, 6.07) is 15.1. The highest BCUT2D eigenvalue weighted by atomic mass is 19.1. The lowest BCUT2D eigenvalue weighted by atomic mass is 10.0. The first-order valence-corrected chi connectivity index (χ1v) is 15.1. The molecule has 3 aromatic carbocycles. The number of hydrogen-bond acceptors (Lipinski definition) is 6. The molecule has 2 aliphatic heterocycles. The van der Waals surface area contributed by atoms with Gasteiger partial charge in [0.05, 0.1) is 11.1 Å². The van der Waals surface area contributed by atoms with Gasteiger partial charge in [-0.3, -0.25) is 9.89 Å². The third-order valence-electron chi connectivity index (χ3n) is 8.48. The van der Waals surface area contributed by atoms with Crippen LogP contribution in [0.4, 0.5) is 26.0 Å². The van der Waals surface area contributed by atoms with Crippen LogP contribution in [-0.4, -0.2) is 73.5 Å². The number of halogens is 2. The Balaban J connectivity index is 1.22. The summed E-state index contributed by atoms with van der Waals surface area (Å²) in [7, 11) is 2.09. The molecule has 4 aromatic rings. The molecule has 1 aromatic heterocycles. The summed E-state index contributed by atoms with van der Waals surface area (Å²) in [5.41, 5.74) is 4.12. The molecule has 0 saturated carbocycles. The second-order valence-electron chi connectivity index (χ2n) is 11.5. The summed E-state index contributed by atoms with van der Waals surface area (Å²) in [5, 5.41) is 14.6. The number of nitrogens with one attached hydrogen (secondary N) is 3. The van der Waals surface area contributed by atoms with Gasteiger partial charge in [0.2, 0.25) is 0 Å². The largest absolute Gasteiger partial charge is 0.381 e. The molecule has 0 atom stereocenters. The lowest BCUT2D eigenvalue weighted by Gasteiger charge is -2.27. The number of nitrogens with zero attached hydrogens (tertiary/aromatic N) is 3. The van der Waals surface area contributed by atoms with Crippen LogP contribution in [0.25, 0.3) is 10.9 Å². The highest BCUT2D eigenvalue weighted by Gasteiger charge is 2.21. The van der Waals surface area contributed by atoms with Crippen molar-refractivity contribution in [1.82, 2.24) is 15.1 Å². The minimum atomic E-state index is -0.484. The van der Waals surface area contributed by atoms with E-state index < -0.39 is 11.6 Å². The molecule has 0 radical (unpaired) electrons. The standard InChI is InChI=1S/C33H38F2N6O2/c1-40(14-15-41-12-2-3-13-41)26-6-7-27(31(21-26)36-25-10-16-43-17-11-25)33(42)37-32-28-19-22(4-9-30(28)38-39-32)18-23-20-24(34)5-8-29(23)35/h4-9,19-21,25,36H,2-3,10-18H2,1H3,(H2,37,38,39,42). The Kier molecular flexibility index (Phi) is 8.85. The van der Waals surface area contributed by atoms with Gasteiger partial charge in [0, 0.05) is 62.6 Å². The smallest absolute Gasteiger partial charge is 0.258 e. The first kappa shape index (κ1) is 29.1. The number of likely N-dealkylation sites (tertiary alicyclic amines) is 1. The Morgan fingerprint density at radius 2 is 1.88 bits per heavy atom. The third kappa shape index (κ3) is 6.97. The van der Waals surface area contributed by atoms with E-state index in [1.807, 2.05) is 30.3 Å². The van der Waals surface area contributed by atoms with Crippen LogP contribution >= 0.6 is 0 Å². The van der Waals surface area contributed by atoms with Crippen LogP contribution in [0.1, 0.15) is 47.2 Å². The van der Waals surface area contributed by atoms with Gasteiger partial charge in [-0.15, -0.1) is 0 Å². The van der Waals surface area contributed by atoms with Gasteiger partial charge in [-0.25, -0.2) is 8.78 Å². The summed E-state index contributed by atoms with van der Waals surface area (Å²) < 4.78 is 33.6. The molecule has 0 unspecified atom stereocenters. The van der Waals surface area contributed by atoms with Gasteiger partial charge in [-0.2, -0.15) is 5.10 Å². The van der Waals surface area contributed by atoms with Gasteiger partial charge in [0.1, 0.15) is 11.6 Å². The molecule has 0 spiro atoms. The van der Waals surface area contributed by atoms with E-state index in [0.29, 0.717) is 30.0 Å². The maximum absolute atomic E-state index is 14.3. The van der Waals surface area contributed by atoms with Gasteiger partial charge in [-0.1, -0.05) is 6.07 Å². The second kappa shape index (κ2) is 13.1. The van der Waals surface area contributed by atoms with Crippen molar-refractivity contribution in [1.29, 1.82) is 0 Å². The molecule has 0 bridgehead atoms. The van der Waals surface area contributed by atoms with Crippen molar-refractivity contribution in [2.75, 3.05) is 62.0 Å². The predicted octanol–water partition coefficient (Wildman–Crippen LogP) is 5.81. The van der Waals surface area contributed by atoms with Crippen LogP contribution in [0.15, 0.2) is 54.6 Å². The molecule has 226 valence electrons. The van der Waals surface area contributed by atoms with Gasteiger partial charge < -0.3 is 25.2 Å². The maximum atomic E-state index is 14.3. The van der Waals surface area contributed by atoms with Crippen molar-refractivity contribution in [3.8, 4) is 0 Å². The number of hydrogen-bond donors (Lipinski definition) is 3. The minimum Gasteiger partial charge on any atom is -0.381 e. The number of benzene rings is 3. The summed E-state index contributed by atoms with van der Waals surface area (Å²) >= 11 is 0. The molecule has 3 heterocycles. The zero-order valence-electron chi connectivity index (χ0n) is 24.5. The number of fused-ring (bicyclic) bond motifs is 1. The lowest BCUT2D eigenvalue weighted by Crippen LogP contribution is -2.32. The summed E-state index contributed by atoms with van der Waals surface area (Å²) in [5.74, 6) is -0.846. The van der Waals surface area contributed by atoms with Gasteiger partial charge in [-0.05, 0) is 98.4 Å². The van der Waals surface area contributed by atoms with Crippen molar-refractivity contribution in [3.63, 3.8) is 0 Å². The highest BCUT2D eigenvalue weighted by Crippen LogP contribution is 2.29. The summed E-state index contributed by atoms with van der Waals surface area (Å²) in [4.78, 5) is 18.4. The normalized spacial score (nSPS) is 16.1. The first-order chi connectivity index (χ1) is 20.9. The topological polar surface area (TPSA) is 85.5 Å². The van der Waals surface area contributed by atoms with Crippen molar-refractivity contribution >= 4 is 34.0 Å². The fourth-order valence-electron chi connectivity index (χ4n) is 5.92. The Bertz CT molecular complexity index is 1580. The fraction of sp³-hybridized carbons (Fsp3) is 0.394. The Morgan fingerprint density at radius 3 is 2.70 bits per heavy atom. The number of ether oxygens (including phenoxy) is 1. The SMILES string of the molecule is CN(CCN1CCCC1)c1ccc(C(=O)Nc2n[nH]c3ccc(Cc4cc(F)ccc4F)cc23)c(NC2CCOCC2)c1. The molecule has 2 aliphatic rings. The predicted molar refractivity (Wildman–Crippen MR) is 166 cm³/mol. The third-order valence-corrected chi connectivity index (χ3v) is 8.48. The molecular weight excluding hydrogens is 550 g/mol. The molecule has 6 rings (SSSR count). The number of amides is 1. The van der Waals surface area contributed by atoms with E-state index in [2.05, 4.69) is 43.7 Å². The van der Waals surface area contributed by atoms with Crippen LogP contribution in [0.3, 0.4) is 0 Å². The molecule has 43 heavy (non-hydrogen) atoms. The monoisotopic (exact) mass is 588 g/mol. The Labute approximate surface area is 250 Å². The summed E-state index contributed by atoms with van der Waals surface area (Å²) in [6.07, 6.45) is 4.49. The van der Waals surface area contributed by atoms with Crippen LogP contribution in [0, 0.1) is 11.6 Å². The van der Waals surface area contributed by atoms with E-state index >= 15 is 0 Å². The number of aromatic nitrogens is 2. The van der Waals surface area contributed by atoms with E-state index in [9.17, 15) is 13.6 Å². The average Bonchev–Trinajstić information content (AvgIpc) is 3.68. The van der Waals surface area contributed by atoms with Gasteiger partial charge in [0.15, 0.2) is 5.82 Å². The lowest BCUT2D eigenvalue weighted by molar-refractivity contribution is 0.0904. The molecule has 1 amide bonds. The number of anilines is 3. The highest BCUT2D eigenvalue weighted by molar-refractivity contribution is 6.11. The zero-order valence-corrected chi connectivity index (χ0v) is 24.5. The van der Waals surface area contributed by atoms with Crippen molar-refractivity contribution in [3.05, 3.63) is 82.9 Å². The van der Waals surface area contributed by atoms with Crippen LogP contribution in [0.5, 0.6) is 0 Å². The van der Waals surface area contributed by atoms with Crippen LogP contribution in [0.2, 0.25) is 0 Å². The first-order valence-electron chi connectivity index (χ1n) is 15.1. The fourth-order valence-corrected chi connectivity index (χ4v) is 5.92. The van der Waals surface area contributed by atoms with Crippen molar-refractivity contribution < 1.29 is 18.3 Å². The van der Waals surface area contributed by atoms with E-state index in [0.717, 1.165) is 73.6 Å². The molecule has 2 fully saturated rings. The number of rotatable bonds is 10. The van der Waals surface area contributed by atoms with E-state index in [1.54, 1.807) is 0 Å². The van der Waals surface area contributed by atoms with Crippen molar-refractivity contribution in [2.45, 2.75) is 38.1 Å². The number of likely N-dealkylation sites (N-methyl/N-ethyl adjacent to an activating group) is 1. The van der Waals surface area contributed by atoms with Gasteiger partial charge >= 0.3 is 0 Å². The molecular formula is C33H38F2N6O2. The van der Waals surface area contributed by atoms with Crippen LogP contribution < -0.4 is 15.5 Å². The molecule has 10 heteroatoms. The van der Waals surface area contributed by atoms with Crippen molar-refractivity contribution in [2.24, 2.45) is 0 Å². The minimum absolute atomic E-state index is 0.211. The van der Waals surface area contributed by atoms with Gasteiger partial charge in [0.25, 0.3) is 5.91 Å². The number of carbonyl (C=O) groups is 1. The molecule has 8 nitrogen and oxygen atoms in total. The van der Waals surface area contributed by atoms with E-state index in [-0.39, 0.29) is 23.9 Å². The Hall–Kier alpha value is -4.02. The zero-order chi connectivity index (χ0) is 29.8. The number of carbonyl (C=O) groups excluding carboxylic acids is 1. The maximum Gasteiger partial charge on any atom is 0.258 e. The van der Waals surface area contributed by atoms with E-state index in [4.69, 9.17) is 4.74 Å². The molecule has 0 aliphatic carbocycles.